The number of carbonyl (C=O) groups excluding carboxylic acids is 2. The maximum Gasteiger partial charge on any atom is 0.264 e. The highest BCUT2D eigenvalue weighted by Gasteiger charge is 2.34. The molecule has 3 aromatic rings. The van der Waals surface area contributed by atoms with Crippen LogP contribution in [0.25, 0.3) is 0 Å². The molecule has 9 heteroatoms. The van der Waals surface area contributed by atoms with Gasteiger partial charge in [-0.25, -0.2) is 8.42 Å². The molecule has 39 heavy (non-hydrogen) atoms. The van der Waals surface area contributed by atoms with Gasteiger partial charge in [0.25, 0.3) is 10.0 Å². The maximum absolute atomic E-state index is 14.0. The Kier molecular flexibility index (Phi) is 10.5. The molecule has 0 heterocycles. The monoisotopic (exact) mass is 569 g/mol. The Hall–Kier alpha value is -3.36. The molecule has 0 aliphatic rings. The van der Waals surface area contributed by atoms with Crippen molar-refractivity contribution in [2.24, 2.45) is 0 Å². The number of amides is 2. The largest absolute Gasteiger partial charge is 0.354 e. The first-order chi connectivity index (χ1) is 18.6. The van der Waals surface area contributed by atoms with Crippen molar-refractivity contribution in [2.75, 3.05) is 17.4 Å². The van der Waals surface area contributed by atoms with Crippen molar-refractivity contribution in [3.8, 4) is 0 Å². The average Bonchev–Trinajstić information content (AvgIpc) is 2.92. The lowest BCUT2D eigenvalue weighted by atomic mass is 10.1. The highest BCUT2D eigenvalue weighted by atomic mass is 35.5. The summed E-state index contributed by atoms with van der Waals surface area (Å²) in [7, 11) is -4.10. The Morgan fingerprint density at radius 1 is 0.923 bits per heavy atom. The molecule has 1 N–H and O–H groups in total. The van der Waals surface area contributed by atoms with Crippen LogP contribution in [0.2, 0.25) is 5.02 Å². The third-order valence-corrected chi connectivity index (χ3v) is 8.50. The van der Waals surface area contributed by atoms with Crippen molar-refractivity contribution in [3.63, 3.8) is 0 Å². The minimum Gasteiger partial charge on any atom is -0.354 e. The summed E-state index contributed by atoms with van der Waals surface area (Å²) in [6.07, 6.45) is 1.12. The first kappa shape index (κ1) is 30.2. The molecule has 0 aliphatic carbocycles. The molecule has 3 rings (SSSR count). The maximum atomic E-state index is 14.0. The van der Waals surface area contributed by atoms with E-state index in [9.17, 15) is 18.0 Å². The SMILES string of the molecule is CCCNC(=O)C(CC)N(Cc1ccc(Cl)cc1)C(=O)CN(c1ccccc1C)S(=O)(=O)c1ccc(C)cc1. The summed E-state index contributed by atoms with van der Waals surface area (Å²) < 4.78 is 29.0. The van der Waals surface area contributed by atoms with Gasteiger partial charge >= 0.3 is 0 Å². The highest BCUT2D eigenvalue weighted by Crippen LogP contribution is 2.28. The second-order valence-corrected chi connectivity index (χ2v) is 11.8. The molecule has 0 aliphatic heterocycles. The van der Waals surface area contributed by atoms with Crippen molar-refractivity contribution in [3.05, 3.63) is 94.5 Å². The third kappa shape index (κ3) is 7.61. The summed E-state index contributed by atoms with van der Waals surface area (Å²) in [6, 6.07) is 19.8. The molecular formula is C30H36ClN3O4S. The number of carbonyl (C=O) groups is 2. The second-order valence-electron chi connectivity index (χ2n) is 9.47. The number of hydrogen-bond acceptors (Lipinski definition) is 4. The fourth-order valence-corrected chi connectivity index (χ4v) is 5.87. The lowest BCUT2D eigenvalue weighted by Gasteiger charge is -2.33. The standard InChI is InChI=1S/C30H36ClN3O4S/c1-5-19-32-30(36)27(6-2)33(20-24-13-15-25(31)16-14-24)29(35)21-34(28-10-8-7-9-23(28)4)39(37,38)26-17-11-22(3)12-18-26/h7-18,27H,5-6,19-21H2,1-4H3,(H,32,36). The lowest BCUT2D eigenvalue weighted by molar-refractivity contribution is -0.140. The first-order valence-corrected chi connectivity index (χ1v) is 14.9. The number of hydrogen-bond donors (Lipinski definition) is 1. The summed E-state index contributed by atoms with van der Waals surface area (Å²) in [6.45, 7) is 7.61. The molecule has 3 aromatic carbocycles. The topological polar surface area (TPSA) is 86.8 Å². The Bertz CT molecular complexity index is 1380. The van der Waals surface area contributed by atoms with Gasteiger partial charge in [-0.1, -0.05) is 73.5 Å². The molecule has 0 spiro atoms. The number of sulfonamides is 1. The number of benzene rings is 3. The number of halogens is 1. The van der Waals surface area contributed by atoms with E-state index >= 15 is 0 Å². The van der Waals surface area contributed by atoms with Crippen LogP contribution in [0, 0.1) is 13.8 Å². The van der Waals surface area contributed by atoms with E-state index in [1.54, 1.807) is 73.7 Å². The lowest BCUT2D eigenvalue weighted by Crippen LogP contribution is -2.52. The Morgan fingerprint density at radius 3 is 2.15 bits per heavy atom. The van der Waals surface area contributed by atoms with E-state index in [0.717, 1.165) is 21.9 Å². The predicted octanol–water partition coefficient (Wildman–Crippen LogP) is 5.49. The number of para-hydroxylation sites is 1. The van der Waals surface area contributed by atoms with E-state index < -0.39 is 28.5 Å². The minimum atomic E-state index is -4.10. The van der Waals surface area contributed by atoms with Crippen molar-refractivity contribution in [2.45, 2.75) is 58.0 Å². The van der Waals surface area contributed by atoms with Crippen LogP contribution in [0.3, 0.4) is 0 Å². The summed E-state index contributed by atoms with van der Waals surface area (Å²) in [5, 5.41) is 3.44. The van der Waals surface area contributed by atoms with Gasteiger partial charge in [0.15, 0.2) is 0 Å². The molecule has 0 fully saturated rings. The van der Waals surface area contributed by atoms with Gasteiger partial charge in [-0.3, -0.25) is 13.9 Å². The van der Waals surface area contributed by atoms with Crippen LogP contribution in [0.4, 0.5) is 5.69 Å². The summed E-state index contributed by atoms with van der Waals surface area (Å²) in [5.41, 5.74) is 2.81. The molecule has 7 nitrogen and oxygen atoms in total. The van der Waals surface area contributed by atoms with Crippen molar-refractivity contribution < 1.29 is 18.0 Å². The number of nitrogens with zero attached hydrogens (tertiary/aromatic N) is 2. The molecule has 208 valence electrons. The van der Waals surface area contributed by atoms with E-state index in [1.807, 2.05) is 26.8 Å². The van der Waals surface area contributed by atoms with Crippen LogP contribution >= 0.6 is 11.6 Å². The number of rotatable bonds is 12. The Morgan fingerprint density at radius 2 is 1.56 bits per heavy atom. The zero-order valence-corrected chi connectivity index (χ0v) is 24.4. The van der Waals surface area contributed by atoms with Crippen molar-refractivity contribution in [1.29, 1.82) is 0 Å². The smallest absolute Gasteiger partial charge is 0.264 e. The molecule has 0 saturated heterocycles. The van der Waals surface area contributed by atoms with E-state index in [4.69, 9.17) is 11.6 Å². The van der Waals surface area contributed by atoms with Gasteiger partial charge in [-0.05, 0) is 68.1 Å². The van der Waals surface area contributed by atoms with E-state index in [1.165, 1.54) is 4.90 Å². The highest BCUT2D eigenvalue weighted by molar-refractivity contribution is 7.92. The quantitative estimate of drug-likeness (QED) is 0.313. The zero-order chi connectivity index (χ0) is 28.6. The minimum absolute atomic E-state index is 0.0844. The predicted molar refractivity (Wildman–Crippen MR) is 156 cm³/mol. The molecule has 2 amide bonds. The van der Waals surface area contributed by atoms with Gasteiger partial charge in [0.1, 0.15) is 12.6 Å². The number of nitrogens with one attached hydrogen (secondary N) is 1. The van der Waals surface area contributed by atoms with Crippen LogP contribution in [-0.4, -0.2) is 44.3 Å². The van der Waals surface area contributed by atoms with Crippen LogP contribution in [-0.2, 0) is 26.2 Å². The second kappa shape index (κ2) is 13.6. The summed E-state index contributed by atoms with van der Waals surface area (Å²) in [4.78, 5) is 28.7. The number of anilines is 1. The van der Waals surface area contributed by atoms with Gasteiger partial charge < -0.3 is 10.2 Å². The molecule has 1 unspecified atom stereocenters. The van der Waals surface area contributed by atoms with Crippen LogP contribution in [0.1, 0.15) is 43.4 Å². The first-order valence-electron chi connectivity index (χ1n) is 13.0. The molecule has 0 radical (unpaired) electrons. The fourth-order valence-electron chi connectivity index (χ4n) is 4.27. The summed E-state index contributed by atoms with van der Waals surface area (Å²) in [5.74, 6) is -0.757. The average molecular weight is 570 g/mol. The molecule has 1 atom stereocenters. The van der Waals surface area contributed by atoms with Crippen LogP contribution in [0.5, 0.6) is 0 Å². The van der Waals surface area contributed by atoms with Gasteiger partial charge in [-0.15, -0.1) is 0 Å². The van der Waals surface area contributed by atoms with Crippen molar-refractivity contribution >= 4 is 39.1 Å². The molecule has 0 saturated carbocycles. The van der Waals surface area contributed by atoms with E-state index in [-0.39, 0.29) is 17.3 Å². The van der Waals surface area contributed by atoms with E-state index in [0.29, 0.717) is 29.2 Å². The van der Waals surface area contributed by atoms with Gasteiger partial charge in [0.2, 0.25) is 11.8 Å². The zero-order valence-electron chi connectivity index (χ0n) is 22.9. The van der Waals surface area contributed by atoms with Gasteiger partial charge in [-0.2, -0.15) is 0 Å². The van der Waals surface area contributed by atoms with Gasteiger partial charge in [0.05, 0.1) is 10.6 Å². The summed E-state index contributed by atoms with van der Waals surface area (Å²) >= 11 is 6.06. The normalized spacial score (nSPS) is 12.0. The molecular weight excluding hydrogens is 534 g/mol. The third-order valence-electron chi connectivity index (χ3n) is 6.47. The number of aryl methyl sites for hydroxylation is 2. The molecule has 0 aromatic heterocycles. The van der Waals surface area contributed by atoms with Crippen molar-refractivity contribution in [1.82, 2.24) is 10.2 Å². The van der Waals surface area contributed by atoms with Crippen LogP contribution < -0.4 is 9.62 Å². The van der Waals surface area contributed by atoms with E-state index in [2.05, 4.69) is 5.32 Å². The Balaban J connectivity index is 2.05. The Labute approximate surface area is 236 Å². The van der Waals surface area contributed by atoms with Gasteiger partial charge in [0, 0.05) is 18.1 Å². The molecule has 0 bridgehead atoms. The fraction of sp³-hybridized carbons (Fsp3) is 0.333. The van der Waals surface area contributed by atoms with Crippen LogP contribution in [0.15, 0.2) is 77.7 Å².